The first-order valence-electron chi connectivity index (χ1n) is 10.1. The molecule has 4 aromatic rings. The fourth-order valence-electron chi connectivity index (χ4n) is 3.86. The van der Waals surface area contributed by atoms with Crippen LogP contribution in [-0.2, 0) is 12.8 Å². The molecule has 3 aromatic carbocycles. The fourth-order valence-corrected chi connectivity index (χ4v) is 4.08. The molecule has 0 spiro atoms. The first kappa shape index (κ1) is 18.9. The number of benzene rings is 3. The molecule has 0 aliphatic heterocycles. The molecule has 144 valence electrons. The second kappa shape index (κ2) is 8.72. The van der Waals surface area contributed by atoms with E-state index < -0.39 is 0 Å². The first-order valence-corrected chi connectivity index (χ1v) is 10.5. The summed E-state index contributed by atoms with van der Waals surface area (Å²) in [5.41, 5.74) is 4.95. The normalized spacial score (nSPS) is 11.6. The van der Waals surface area contributed by atoms with E-state index in [1.54, 1.807) is 0 Å². The summed E-state index contributed by atoms with van der Waals surface area (Å²) >= 11 is 5.19. The molecule has 0 aliphatic carbocycles. The minimum Gasteiger partial charge on any atom is -0.331 e. The molecule has 1 aromatic heterocycles. The van der Waals surface area contributed by atoms with Gasteiger partial charge in [-0.3, -0.25) is 0 Å². The van der Waals surface area contributed by atoms with Gasteiger partial charge in [0.2, 0.25) is 0 Å². The van der Waals surface area contributed by atoms with Gasteiger partial charge >= 0.3 is 0 Å². The van der Waals surface area contributed by atoms with Gasteiger partial charge in [0, 0.05) is 13.1 Å². The number of aromatic amines is 2. The predicted octanol–water partition coefficient (Wildman–Crippen LogP) is 5.88. The predicted molar refractivity (Wildman–Crippen MR) is 122 cm³/mol. The Labute approximate surface area is 171 Å². The number of hydrogen-bond acceptors (Lipinski definition) is 2. The van der Waals surface area contributed by atoms with Gasteiger partial charge in [-0.25, -0.2) is 0 Å². The quantitative estimate of drug-likeness (QED) is 0.369. The van der Waals surface area contributed by atoms with Crippen LogP contribution in [0.1, 0.15) is 24.5 Å². The lowest BCUT2D eigenvalue weighted by Gasteiger charge is -2.22. The van der Waals surface area contributed by atoms with Gasteiger partial charge in [0.25, 0.3) is 0 Å². The molecule has 1 heterocycles. The van der Waals surface area contributed by atoms with Crippen molar-refractivity contribution in [1.82, 2.24) is 14.9 Å². The number of nitrogens with zero attached hydrogens (tertiary/aromatic N) is 1. The highest BCUT2D eigenvalue weighted by Gasteiger charge is 2.07. The maximum absolute atomic E-state index is 5.19. The third-order valence-corrected chi connectivity index (χ3v) is 5.57. The van der Waals surface area contributed by atoms with Gasteiger partial charge in [0.15, 0.2) is 4.77 Å². The van der Waals surface area contributed by atoms with Gasteiger partial charge in [-0.2, -0.15) is 0 Å². The van der Waals surface area contributed by atoms with Crippen molar-refractivity contribution < 1.29 is 0 Å². The van der Waals surface area contributed by atoms with E-state index in [0.717, 1.165) is 43.5 Å². The van der Waals surface area contributed by atoms with Crippen LogP contribution < -0.4 is 0 Å². The van der Waals surface area contributed by atoms with E-state index in [1.807, 2.05) is 0 Å². The average Bonchev–Trinajstić information content (AvgIpc) is 3.09. The number of aromatic nitrogens is 2. The molecule has 0 saturated heterocycles. The molecule has 0 aliphatic rings. The monoisotopic (exact) mass is 389 g/mol. The summed E-state index contributed by atoms with van der Waals surface area (Å²) in [6, 6.07) is 22.0. The summed E-state index contributed by atoms with van der Waals surface area (Å²) in [6.45, 7) is 5.58. The second-order valence-corrected chi connectivity index (χ2v) is 7.89. The van der Waals surface area contributed by atoms with E-state index in [9.17, 15) is 0 Å². The fraction of sp³-hybridized carbons (Fsp3) is 0.292. The number of nitrogens with one attached hydrogen (secondary N) is 2. The highest BCUT2D eigenvalue weighted by Crippen LogP contribution is 2.17. The molecule has 0 saturated carbocycles. The summed E-state index contributed by atoms with van der Waals surface area (Å²) in [6.07, 6.45) is 3.33. The minimum absolute atomic E-state index is 0.690. The van der Waals surface area contributed by atoms with E-state index in [1.165, 1.54) is 28.3 Å². The first-order chi connectivity index (χ1) is 13.7. The zero-order chi connectivity index (χ0) is 19.3. The third-order valence-electron chi connectivity index (χ3n) is 5.37. The molecule has 0 atom stereocenters. The van der Waals surface area contributed by atoms with Crippen molar-refractivity contribution in [3.05, 3.63) is 76.6 Å². The molecule has 0 amide bonds. The van der Waals surface area contributed by atoms with Crippen LogP contribution in [-0.4, -0.2) is 34.5 Å². The molecule has 28 heavy (non-hydrogen) atoms. The molecule has 0 bridgehead atoms. The molecule has 4 heteroatoms. The van der Waals surface area contributed by atoms with E-state index in [0.29, 0.717) is 4.77 Å². The van der Waals surface area contributed by atoms with Crippen LogP contribution in [0.25, 0.3) is 21.8 Å². The Kier molecular flexibility index (Phi) is 5.89. The Morgan fingerprint density at radius 2 is 1.43 bits per heavy atom. The van der Waals surface area contributed by atoms with Crippen LogP contribution in [0, 0.1) is 4.77 Å². The molecule has 4 rings (SSSR count). The van der Waals surface area contributed by atoms with Crippen molar-refractivity contribution in [3.8, 4) is 0 Å². The lowest BCUT2D eigenvalue weighted by Crippen LogP contribution is -2.29. The number of imidazole rings is 1. The number of hydrogen-bond donors (Lipinski definition) is 2. The van der Waals surface area contributed by atoms with Crippen molar-refractivity contribution >= 4 is 34.0 Å². The molecule has 0 radical (unpaired) electrons. The van der Waals surface area contributed by atoms with Crippen LogP contribution in [0.3, 0.4) is 0 Å². The van der Waals surface area contributed by atoms with Crippen LogP contribution >= 0.6 is 12.2 Å². The van der Waals surface area contributed by atoms with Gasteiger partial charge in [-0.15, -0.1) is 0 Å². The summed E-state index contributed by atoms with van der Waals surface area (Å²) in [4.78, 5) is 8.97. The lowest BCUT2D eigenvalue weighted by molar-refractivity contribution is 0.281. The summed E-state index contributed by atoms with van der Waals surface area (Å²) in [5.74, 6) is 0. The summed E-state index contributed by atoms with van der Waals surface area (Å²) in [7, 11) is 0. The van der Waals surface area contributed by atoms with Crippen molar-refractivity contribution in [2.24, 2.45) is 0 Å². The van der Waals surface area contributed by atoms with E-state index in [4.69, 9.17) is 12.2 Å². The average molecular weight is 390 g/mol. The van der Waals surface area contributed by atoms with Crippen LogP contribution in [0.4, 0.5) is 0 Å². The number of fused-ring (bicyclic) bond motifs is 2. The second-order valence-electron chi connectivity index (χ2n) is 7.48. The Bertz CT molecular complexity index is 1130. The highest BCUT2D eigenvalue weighted by atomic mass is 32.1. The van der Waals surface area contributed by atoms with Crippen molar-refractivity contribution in [3.63, 3.8) is 0 Å². The number of rotatable bonds is 8. The van der Waals surface area contributed by atoms with Crippen molar-refractivity contribution in [2.75, 3.05) is 19.6 Å². The van der Waals surface area contributed by atoms with Gasteiger partial charge in [-0.1, -0.05) is 55.5 Å². The van der Waals surface area contributed by atoms with Gasteiger partial charge < -0.3 is 14.9 Å². The lowest BCUT2D eigenvalue weighted by atomic mass is 10.0. The standard InChI is InChI=1S/C24H27N3S/c1-2-13-27(14-11-18-7-9-20-5-3-4-6-21(20)16-18)15-12-19-8-10-22-23(17-19)26-24(28)25-22/h3-10,16-17H,2,11-15H2,1H3,(H2,25,26,28). The minimum atomic E-state index is 0.690. The summed E-state index contributed by atoms with van der Waals surface area (Å²) < 4.78 is 0.690. The third kappa shape index (κ3) is 4.51. The topological polar surface area (TPSA) is 34.8 Å². The van der Waals surface area contributed by atoms with Crippen LogP contribution in [0.15, 0.2) is 60.7 Å². The van der Waals surface area contributed by atoms with Gasteiger partial charge in [-0.05, 0) is 72.1 Å². The maximum atomic E-state index is 5.19. The molecule has 2 N–H and O–H groups in total. The molecule has 0 fully saturated rings. The molecule has 3 nitrogen and oxygen atoms in total. The van der Waals surface area contributed by atoms with E-state index in [-0.39, 0.29) is 0 Å². The van der Waals surface area contributed by atoms with Gasteiger partial charge in [0.05, 0.1) is 11.0 Å². The van der Waals surface area contributed by atoms with E-state index in [2.05, 4.69) is 82.5 Å². The Morgan fingerprint density at radius 1 is 0.750 bits per heavy atom. The van der Waals surface area contributed by atoms with Crippen molar-refractivity contribution in [2.45, 2.75) is 26.2 Å². The Morgan fingerprint density at radius 3 is 2.21 bits per heavy atom. The Balaban J connectivity index is 1.39. The zero-order valence-corrected chi connectivity index (χ0v) is 17.2. The van der Waals surface area contributed by atoms with Crippen LogP contribution in [0.2, 0.25) is 0 Å². The number of H-pyrrole nitrogens is 2. The van der Waals surface area contributed by atoms with Crippen LogP contribution in [0.5, 0.6) is 0 Å². The van der Waals surface area contributed by atoms with Crippen molar-refractivity contribution in [1.29, 1.82) is 0 Å². The molecule has 0 unspecified atom stereocenters. The molecular formula is C24H27N3S. The van der Waals surface area contributed by atoms with Gasteiger partial charge in [0.1, 0.15) is 0 Å². The summed E-state index contributed by atoms with van der Waals surface area (Å²) in [5, 5.41) is 2.65. The largest absolute Gasteiger partial charge is 0.331 e. The maximum Gasteiger partial charge on any atom is 0.175 e. The Hall–Kier alpha value is -2.43. The highest BCUT2D eigenvalue weighted by molar-refractivity contribution is 7.71. The smallest absolute Gasteiger partial charge is 0.175 e. The SMILES string of the molecule is CCCN(CCc1ccc2ccccc2c1)CCc1ccc2[nH]c(=S)[nH]c2c1. The van der Waals surface area contributed by atoms with E-state index >= 15 is 0 Å². The molecular weight excluding hydrogens is 362 g/mol. The zero-order valence-electron chi connectivity index (χ0n) is 16.4.